The van der Waals surface area contributed by atoms with Crippen molar-refractivity contribution in [3.05, 3.63) is 40.2 Å². The summed E-state index contributed by atoms with van der Waals surface area (Å²) in [5.74, 6) is -7.07. The fourth-order valence-corrected chi connectivity index (χ4v) is 5.13. The van der Waals surface area contributed by atoms with Crippen LogP contribution in [-0.4, -0.2) is 56.2 Å². The van der Waals surface area contributed by atoms with E-state index in [1.54, 1.807) is 6.07 Å². The number of fused-ring (bicyclic) bond motifs is 3. The third-order valence-electron chi connectivity index (χ3n) is 6.81. The highest BCUT2D eigenvalue weighted by atomic mass is 16.5. The Morgan fingerprint density at radius 3 is 2.44 bits per heavy atom. The Morgan fingerprint density at radius 1 is 1.17 bits per heavy atom. The molecular formula is C25H28N2O9. The first-order chi connectivity index (χ1) is 16.7. The smallest absolute Gasteiger partial charge is 0.411 e. The van der Waals surface area contributed by atoms with E-state index in [-0.39, 0.29) is 48.1 Å². The highest BCUT2D eigenvalue weighted by molar-refractivity contribution is 6.22. The largest absolute Gasteiger partial charge is 0.508 e. The van der Waals surface area contributed by atoms with Gasteiger partial charge in [-0.1, -0.05) is 26.8 Å². The van der Waals surface area contributed by atoms with Crippen LogP contribution in [0.4, 0.5) is 10.5 Å². The van der Waals surface area contributed by atoms with Crippen LogP contribution in [0.1, 0.15) is 44.7 Å². The van der Waals surface area contributed by atoms with Crippen LogP contribution in [0.3, 0.4) is 0 Å². The fraction of sp³-hybridized carbons (Fsp3) is 0.440. The van der Waals surface area contributed by atoms with Crippen LogP contribution in [0, 0.1) is 17.3 Å². The number of aliphatic hydroxyl groups is 3. The van der Waals surface area contributed by atoms with Crippen LogP contribution >= 0.6 is 0 Å². The van der Waals surface area contributed by atoms with Gasteiger partial charge in [0, 0.05) is 17.9 Å². The second-order valence-electron chi connectivity index (χ2n) is 10.7. The van der Waals surface area contributed by atoms with Crippen molar-refractivity contribution in [2.75, 3.05) is 11.9 Å². The van der Waals surface area contributed by atoms with Crippen LogP contribution in [0.25, 0.3) is 5.76 Å². The molecule has 0 saturated heterocycles. The van der Waals surface area contributed by atoms with Crippen molar-refractivity contribution in [1.82, 2.24) is 0 Å². The zero-order chi connectivity index (χ0) is 26.7. The van der Waals surface area contributed by atoms with E-state index in [1.165, 1.54) is 6.07 Å². The summed E-state index contributed by atoms with van der Waals surface area (Å²) in [6.07, 6.45) is -0.987. The fourth-order valence-electron chi connectivity index (χ4n) is 5.13. The molecule has 0 heterocycles. The topological polar surface area (TPSA) is 196 Å². The number of primary amides is 1. The number of ether oxygens (including phenoxy) is 1. The maximum Gasteiger partial charge on any atom is 0.411 e. The average molecular weight is 501 g/mol. The summed E-state index contributed by atoms with van der Waals surface area (Å²) in [6, 6.07) is 3.00. The summed E-state index contributed by atoms with van der Waals surface area (Å²) in [5, 5.41) is 46.2. The van der Waals surface area contributed by atoms with E-state index in [2.05, 4.69) is 5.32 Å². The molecule has 4 rings (SSSR count). The number of nitrogens with two attached hydrogens (primary N) is 1. The number of phenolic OH excluding ortho intramolecular Hbond substituents is 1. The number of anilines is 1. The van der Waals surface area contributed by atoms with E-state index in [0.717, 1.165) is 0 Å². The zero-order valence-electron chi connectivity index (χ0n) is 20.0. The molecule has 0 unspecified atom stereocenters. The summed E-state index contributed by atoms with van der Waals surface area (Å²) in [4.78, 5) is 49.7. The van der Waals surface area contributed by atoms with Crippen LogP contribution in [0.2, 0.25) is 0 Å². The number of aromatic hydroxyl groups is 1. The molecular weight excluding hydrogens is 472 g/mol. The maximum absolute atomic E-state index is 13.5. The maximum atomic E-state index is 13.5. The molecule has 192 valence electrons. The number of phenols is 1. The van der Waals surface area contributed by atoms with Gasteiger partial charge < -0.3 is 30.9 Å². The van der Waals surface area contributed by atoms with Crippen LogP contribution in [0.5, 0.6) is 5.75 Å². The van der Waals surface area contributed by atoms with Crippen LogP contribution in [0.15, 0.2) is 29.0 Å². The number of amides is 2. The first kappa shape index (κ1) is 25.2. The predicted molar refractivity (Wildman–Crippen MR) is 126 cm³/mol. The Kier molecular flexibility index (Phi) is 5.87. The lowest BCUT2D eigenvalue weighted by Gasteiger charge is -2.46. The third-order valence-corrected chi connectivity index (χ3v) is 6.81. The van der Waals surface area contributed by atoms with E-state index in [0.29, 0.717) is 5.56 Å². The number of carbonyl (C=O) groups excluding carboxylic acids is 4. The molecule has 0 aromatic heterocycles. The van der Waals surface area contributed by atoms with Crippen molar-refractivity contribution < 1.29 is 44.3 Å². The van der Waals surface area contributed by atoms with Crippen LogP contribution < -0.4 is 11.1 Å². The number of nitrogens with one attached hydrogen (secondary N) is 1. The van der Waals surface area contributed by atoms with Gasteiger partial charge in [0.25, 0.3) is 5.91 Å². The molecule has 0 aliphatic heterocycles. The summed E-state index contributed by atoms with van der Waals surface area (Å²) in [7, 11) is 0. The van der Waals surface area contributed by atoms with E-state index in [9.17, 15) is 39.6 Å². The molecule has 0 spiro atoms. The number of hydrogen-bond acceptors (Lipinski definition) is 9. The molecule has 3 aliphatic carbocycles. The minimum atomic E-state index is -2.63. The Hall–Kier alpha value is -3.86. The minimum Gasteiger partial charge on any atom is -0.508 e. The van der Waals surface area contributed by atoms with Gasteiger partial charge in [-0.15, -0.1) is 0 Å². The molecule has 3 aliphatic rings. The van der Waals surface area contributed by atoms with Crippen molar-refractivity contribution in [2.24, 2.45) is 23.0 Å². The van der Waals surface area contributed by atoms with Gasteiger partial charge in [0.05, 0.1) is 17.9 Å². The van der Waals surface area contributed by atoms with Crippen molar-refractivity contribution in [2.45, 2.75) is 45.6 Å². The van der Waals surface area contributed by atoms with E-state index >= 15 is 0 Å². The van der Waals surface area contributed by atoms with Gasteiger partial charge in [-0.2, -0.15) is 0 Å². The standard InChI is InChI=1S/C25H28N2O9/c1-24(2,3)9-36-23(34)27-13-5-4-10-6-11-7-12-8-14(28)17(22(26)33)21(32)25(12,35)20(31)16(11)19(30)15(10)18(13)29/h4-5,11-12,29-30,32,35H,6-9H2,1-3H3,(H2,26,33)(H,27,34)/t11-,12-,25-/m0/s1. The van der Waals surface area contributed by atoms with E-state index < -0.39 is 63.8 Å². The van der Waals surface area contributed by atoms with Crippen molar-refractivity contribution in [1.29, 1.82) is 0 Å². The molecule has 0 radical (unpaired) electrons. The lowest BCUT2D eigenvalue weighted by Crippen LogP contribution is -2.58. The average Bonchev–Trinajstić information content (AvgIpc) is 2.76. The summed E-state index contributed by atoms with van der Waals surface area (Å²) in [6.45, 7) is 5.73. The van der Waals surface area contributed by atoms with Gasteiger partial charge in [-0.3, -0.25) is 19.7 Å². The molecule has 11 heteroatoms. The summed E-state index contributed by atoms with van der Waals surface area (Å²) < 4.78 is 5.14. The Bertz CT molecular complexity index is 1270. The van der Waals surface area contributed by atoms with Gasteiger partial charge in [-0.25, -0.2) is 4.79 Å². The number of Topliss-reactive ketones (excluding diaryl/α,β-unsaturated/α-hetero) is 2. The lowest BCUT2D eigenvalue weighted by atomic mass is 9.59. The van der Waals surface area contributed by atoms with Gasteiger partial charge in [-0.05, 0) is 35.8 Å². The predicted octanol–water partition coefficient (Wildman–Crippen LogP) is 2.02. The minimum absolute atomic E-state index is 0.0445. The van der Waals surface area contributed by atoms with Gasteiger partial charge in [0.1, 0.15) is 22.8 Å². The Labute approximate surface area is 206 Å². The van der Waals surface area contributed by atoms with E-state index in [4.69, 9.17) is 10.5 Å². The second-order valence-corrected chi connectivity index (χ2v) is 10.7. The Morgan fingerprint density at radius 2 is 1.83 bits per heavy atom. The van der Waals surface area contributed by atoms with E-state index in [1.807, 2.05) is 20.8 Å². The number of benzene rings is 1. The monoisotopic (exact) mass is 500 g/mol. The molecule has 1 saturated carbocycles. The van der Waals surface area contributed by atoms with Gasteiger partial charge >= 0.3 is 6.09 Å². The SMILES string of the molecule is CC(C)(C)COC(=O)Nc1ccc2c(c1O)C(O)=C1C(=O)[C@]3(O)C(O)=C(C(N)=O)C(=O)C[C@@H]3C[C@@H]1C2. The number of aliphatic hydroxyl groups excluding tert-OH is 2. The van der Waals surface area contributed by atoms with Crippen LogP contribution in [-0.2, 0) is 25.5 Å². The second kappa shape index (κ2) is 8.37. The molecule has 0 bridgehead atoms. The Balaban J connectivity index is 1.74. The molecule has 1 fully saturated rings. The molecule has 3 atom stereocenters. The summed E-state index contributed by atoms with van der Waals surface area (Å²) in [5.41, 5.74) is 1.45. The number of ketones is 2. The first-order valence-corrected chi connectivity index (χ1v) is 11.4. The van der Waals surface area contributed by atoms with Gasteiger partial charge in [0.15, 0.2) is 11.4 Å². The number of carbonyl (C=O) groups is 4. The lowest BCUT2D eigenvalue weighted by molar-refractivity contribution is -0.147. The molecule has 2 amide bonds. The van der Waals surface area contributed by atoms with Crippen molar-refractivity contribution >= 4 is 35.0 Å². The molecule has 1 aromatic rings. The first-order valence-electron chi connectivity index (χ1n) is 11.4. The molecule has 36 heavy (non-hydrogen) atoms. The highest BCUT2D eigenvalue weighted by Crippen LogP contribution is 2.52. The van der Waals surface area contributed by atoms with Crippen molar-refractivity contribution in [3.63, 3.8) is 0 Å². The number of hydrogen-bond donors (Lipinski definition) is 6. The normalized spacial score (nSPS) is 25.7. The molecule has 7 N–H and O–H groups in total. The van der Waals surface area contributed by atoms with Crippen molar-refractivity contribution in [3.8, 4) is 5.75 Å². The zero-order valence-corrected chi connectivity index (χ0v) is 20.0. The molecule has 1 aromatic carbocycles. The highest BCUT2D eigenvalue weighted by Gasteiger charge is 2.60. The quantitative estimate of drug-likeness (QED) is 0.266. The summed E-state index contributed by atoms with van der Waals surface area (Å²) >= 11 is 0. The number of rotatable bonds is 3. The van der Waals surface area contributed by atoms with Gasteiger partial charge in [0.2, 0.25) is 5.78 Å². The molecule has 11 nitrogen and oxygen atoms in total. The third kappa shape index (κ3) is 3.89.